The molecule has 1 saturated carbocycles. The summed E-state index contributed by atoms with van der Waals surface area (Å²) in [6.07, 6.45) is 4.45. The normalized spacial score (nSPS) is 25.7. The molecule has 2 atom stereocenters. The van der Waals surface area contributed by atoms with E-state index in [2.05, 4.69) is 4.72 Å². The minimum atomic E-state index is -3.50. The Bertz CT molecular complexity index is 625. The van der Waals surface area contributed by atoms with Gasteiger partial charge in [-0.25, -0.2) is 13.1 Å². The SMILES string of the molecule is O=S(=O)(/C=C/c1ccccc1)N[C@@H]1CCOC[C@H]1OCC1CC1. The number of ether oxygens (including phenoxy) is 2. The van der Waals surface area contributed by atoms with Gasteiger partial charge in [-0.05, 0) is 36.8 Å². The van der Waals surface area contributed by atoms with Gasteiger partial charge in [0.15, 0.2) is 0 Å². The van der Waals surface area contributed by atoms with Gasteiger partial charge in [0, 0.05) is 18.6 Å². The lowest BCUT2D eigenvalue weighted by molar-refractivity contribution is -0.0671. The number of nitrogens with one attached hydrogen (secondary N) is 1. The van der Waals surface area contributed by atoms with Gasteiger partial charge in [-0.2, -0.15) is 0 Å². The van der Waals surface area contributed by atoms with E-state index in [0.717, 1.165) is 5.56 Å². The van der Waals surface area contributed by atoms with Gasteiger partial charge in [-0.1, -0.05) is 30.3 Å². The first-order valence-electron chi connectivity index (χ1n) is 8.07. The van der Waals surface area contributed by atoms with Crippen LogP contribution in [0.3, 0.4) is 0 Å². The summed E-state index contributed by atoms with van der Waals surface area (Å²) in [6, 6.07) is 9.14. The second-order valence-electron chi connectivity index (χ2n) is 6.16. The number of hydrogen-bond acceptors (Lipinski definition) is 4. The molecular formula is C17H23NO4S. The zero-order valence-corrected chi connectivity index (χ0v) is 13.9. The second-order valence-corrected chi connectivity index (χ2v) is 7.76. The first kappa shape index (κ1) is 16.6. The van der Waals surface area contributed by atoms with Crippen LogP contribution in [0.25, 0.3) is 6.08 Å². The average Bonchev–Trinajstić information content (AvgIpc) is 3.37. The van der Waals surface area contributed by atoms with Crippen LogP contribution in [0.15, 0.2) is 35.7 Å². The maximum absolute atomic E-state index is 12.3. The molecule has 0 unspecified atom stereocenters. The predicted octanol–water partition coefficient (Wildman–Crippen LogP) is 2.16. The summed E-state index contributed by atoms with van der Waals surface area (Å²) in [4.78, 5) is 0. The molecule has 1 N–H and O–H groups in total. The lowest BCUT2D eigenvalue weighted by Gasteiger charge is -2.31. The van der Waals surface area contributed by atoms with Gasteiger partial charge in [-0.3, -0.25) is 0 Å². The molecule has 0 aromatic heterocycles. The monoisotopic (exact) mass is 337 g/mol. The molecule has 0 amide bonds. The van der Waals surface area contributed by atoms with Crippen molar-refractivity contribution >= 4 is 16.1 Å². The quantitative estimate of drug-likeness (QED) is 0.828. The van der Waals surface area contributed by atoms with Crippen LogP contribution in [0.4, 0.5) is 0 Å². The maximum atomic E-state index is 12.3. The Kier molecular flexibility index (Phi) is 5.48. The Balaban J connectivity index is 1.59. The molecule has 1 aliphatic heterocycles. The highest BCUT2D eigenvalue weighted by molar-refractivity contribution is 7.92. The molecule has 0 bridgehead atoms. The molecule has 6 heteroatoms. The van der Waals surface area contributed by atoms with Crippen LogP contribution in [0.5, 0.6) is 0 Å². The van der Waals surface area contributed by atoms with E-state index in [1.54, 1.807) is 6.08 Å². The van der Waals surface area contributed by atoms with E-state index in [0.29, 0.717) is 32.2 Å². The molecule has 1 aromatic carbocycles. The molecular weight excluding hydrogens is 314 g/mol. The number of rotatable bonds is 7. The highest BCUT2D eigenvalue weighted by Gasteiger charge is 2.31. The number of benzene rings is 1. The van der Waals surface area contributed by atoms with Gasteiger partial charge in [0.1, 0.15) is 0 Å². The van der Waals surface area contributed by atoms with Crippen molar-refractivity contribution in [2.45, 2.75) is 31.4 Å². The highest BCUT2D eigenvalue weighted by Crippen LogP contribution is 2.29. The van der Waals surface area contributed by atoms with Gasteiger partial charge in [0.2, 0.25) is 10.0 Å². The number of sulfonamides is 1. The summed E-state index contributed by atoms with van der Waals surface area (Å²) in [5.74, 6) is 0.646. The third-order valence-corrected chi connectivity index (χ3v) is 5.23. The van der Waals surface area contributed by atoms with Crippen molar-refractivity contribution < 1.29 is 17.9 Å². The summed E-state index contributed by atoms with van der Waals surface area (Å²) in [5.41, 5.74) is 0.853. The van der Waals surface area contributed by atoms with Gasteiger partial charge in [-0.15, -0.1) is 0 Å². The van der Waals surface area contributed by atoms with Crippen molar-refractivity contribution in [3.63, 3.8) is 0 Å². The van der Waals surface area contributed by atoms with Crippen LogP contribution in [0.1, 0.15) is 24.8 Å². The summed E-state index contributed by atoms with van der Waals surface area (Å²) in [7, 11) is -3.50. The van der Waals surface area contributed by atoms with Crippen LogP contribution >= 0.6 is 0 Å². The van der Waals surface area contributed by atoms with Gasteiger partial charge < -0.3 is 9.47 Å². The van der Waals surface area contributed by atoms with Gasteiger partial charge in [0.25, 0.3) is 0 Å². The van der Waals surface area contributed by atoms with E-state index in [-0.39, 0.29) is 12.1 Å². The zero-order chi connectivity index (χ0) is 16.1. The van der Waals surface area contributed by atoms with Crippen LogP contribution in [-0.2, 0) is 19.5 Å². The topological polar surface area (TPSA) is 64.6 Å². The fourth-order valence-electron chi connectivity index (χ4n) is 2.54. The lowest BCUT2D eigenvalue weighted by atomic mass is 10.1. The maximum Gasteiger partial charge on any atom is 0.234 e. The summed E-state index contributed by atoms with van der Waals surface area (Å²) in [6.45, 7) is 1.70. The first-order chi connectivity index (χ1) is 11.1. The minimum Gasteiger partial charge on any atom is -0.379 e. The smallest absolute Gasteiger partial charge is 0.234 e. The van der Waals surface area contributed by atoms with Gasteiger partial charge in [0.05, 0.1) is 18.8 Å². The number of hydrogen-bond donors (Lipinski definition) is 1. The molecule has 3 rings (SSSR count). The standard InChI is InChI=1S/C17H23NO4S/c19-23(20,11-9-14-4-2-1-3-5-14)18-16-8-10-21-13-17(16)22-12-15-6-7-15/h1-5,9,11,15-18H,6-8,10,12-13H2/b11-9+/t16-,17-/m1/s1. The lowest BCUT2D eigenvalue weighted by Crippen LogP contribution is -2.49. The molecule has 0 radical (unpaired) electrons. The molecule has 2 aliphatic rings. The third-order valence-electron chi connectivity index (χ3n) is 4.10. The Labute approximate surface area is 137 Å². The van der Waals surface area contributed by atoms with Crippen LogP contribution in [0.2, 0.25) is 0 Å². The molecule has 1 heterocycles. The summed E-state index contributed by atoms with van der Waals surface area (Å²) >= 11 is 0. The largest absolute Gasteiger partial charge is 0.379 e. The fraction of sp³-hybridized carbons (Fsp3) is 0.529. The molecule has 0 spiro atoms. The molecule has 1 aromatic rings. The zero-order valence-electron chi connectivity index (χ0n) is 13.1. The van der Waals surface area contributed by atoms with E-state index in [1.807, 2.05) is 30.3 Å². The van der Waals surface area contributed by atoms with E-state index in [9.17, 15) is 8.42 Å². The molecule has 2 fully saturated rings. The Hall–Kier alpha value is -1.21. The van der Waals surface area contributed by atoms with Crippen LogP contribution in [-0.4, -0.2) is 40.4 Å². The van der Waals surface area contributed by atoms with E-state index in [1.165, 1.54) is 18.2 Å². The highest BCUT2D eigenvalue weighted by atomic mass is 32.2. The van der Waals surface area contributed by atoms with Gasteiger partial charge >= 0.3 is 0 Å². The average molecular weight is 337 g/mol. The summed E-state index contributed by atoms with van der Waals surface area (Å²) < 4.78 is 38.6. The molecule has 1 aliphatic carbocycles. The Morgan fingerprint density at radius 3 is 2.74 bits per heavy atom. The minimum absolute atomic E-state index is 0.204. The van der Waals surface area contributed by atoms with E-state index >= 15 is 0 Å². The molecule has 126 valence electrons. The van der Waals surface area contributed by atoms with E-state index in [4.69, 9.17) is 9.47 Å². The molecule has 23 heavy (non-hydrogen) atoms. The molecule has 1 saturated heterocycles. The third kappa shape index (κ3) is 5.42. The predicted molar refractivity (Wildman–Crippen MR) is 89.2 cm³/mol. The fourth-order valence-corrected chi connectivity index (χ4v) is 3.64. The van der Waals surface area contributed by atoms with Crippen molar-refractivity contribution in [2.24, 2.45) is 5.92 Å². The Morgan fingerprint density at radius 1 is 1.22 bits per heavy atom. The summed E-state index contributed by atoms with van der Waals surface area (Å²) in [5, 5.41) is 1.22. The Morgan fingerprint density at radius 2 is 2.00 bits per heavy atom. The van der Waals surface area contributed by atoms with Crippen molar-refractivity contribution in [3.8, 4) is 0 Å². The van der Waals surface area contributed by atoms with Crippen LogP contribution in [0, 0.1) is 5.92 Å². The second kappa shape index (κ2) is 7.57. The van der Waals surface area contributed by atoms with Crippen molar-refractivity contribution in [1.82, 2.24) is 4.72 Å². The van der Waals surface area contributed by atoms with E-state index < -0.39 is 10.0 Å². The van der Waals surface area contributed by atoms with Crippen molar-refractivity contribution in [1.29, 1.82) is 0 Å². The first-order valence-corrected chi connectivity index (χ1v) is 9.62. The van der Waals surface area contributed by atoms with Crippen molar-refractivity contribution in [2.75, 3.05) is 19.8 Å². The van der Waals surface area contributed by atoms with Crippen LogP contribution < -0.4 is 4.72 Å². The molecule has 5 nitrogen and oxygen atoms in total. The van der Waals surface area contributed by atoms with Crippen molar-refractivity contribution in [3.05, 3.63) is 41.3 Å².